The number of carbonyl (C=O) groups excluding carboxylic acids is 1. The van der Waals surface area contributed by atoms with Gasteiger partial charge in [0, 0.05) is 12.6 Å². The van der Waals surface area contributed by atoms with Crippen molar-refractivity contribution < 1.29 is 9.53 Å². The van der Waals surface area contributed by atoms with Gasteiger partial charge in [-0.05, 0) is 19.4 Å². The Balaban J connectivity index is 2.20. The van der Waals surface area contributed by atoms with Crippen LogP contribution in [0.15, 0.2) is 30.3 Å². The second-order valence-electron chi connectivity index (χ2n) is 4.29. The fraction of sp³-hybridized carbons (Fsp3) is 0.462. The van der Waals surface area contributed by atoms with E-state index in [1.807, 2.05) is 49.1 Å². The Bertz CT molecular complexity index is 361. The molecule has 1 aromatic carbocycles. The van der Waals surface area contributed by atoms with E-state index in [0.717, 1.165) is 5.56 Å². The van der Waals surface area contributed by atoms with Gasteiger partial charge < -0.3 is 9.64 Å². The van der Waals surface area contributed by atoms with Crippen molar-refractivity contribution in [1.29, 1.82) is 0 Å². The van der Waals surface area contributed by atoms with Crippen LogP contribution in [0.25, 0.3) is 0 Å². The molecule has 16 heavy (non-hydrogen) atoms. The lowest BCUT2D eigenvalue weighted by Gasteiger charge is -2.35. The molecule has 0 spiro atoms. The maximum Gasteiger partial charge on any atom is 0.256 e. The van der Waals surface area contributed by atoms with E-state index in [1.165, 1.54) is 0 Å². The molecule has 3 nitrogen and oxygen atoms in total. The van der Waals surface area contributed by atoms with Gasteiger partial charge in [-0.3, -0.25) is 4.79 Å². The van der Waals surface area contributed by atoms with Crippen LogP contribution in [0.3, 0.4) is 0 Å². The summed E-state index contributed by atoms with van der Waals surface area (Å²) in [7, 11) is 0. The van der Waals surface area contributed by atoms with Crippen molar-refractivity contribution in [3.8, 4) is 0 Å². The van der Waals surface area contributed by atoms with Crippen molar-refractivity contribution in [3.63, 3.8) is 0 Å². The second kappa shape index (κ2) is 4.66. The van der Waals surface area contributed by atoms with Crippen molar-refractivity contribution in [1.82, 2.24) is 4.90 Å². The van der Waals surface area contributed by atoms with Crippen LogP contribution in [0.1, 0.15) is 25.5 Å². The molecule has 0 aliphatic carbocycles. The first kappa shape index (κ1) is 11.1. The standard InChI is InChI=1S/C13H17NO2/c1-10(2)14-8-9-16-12(13(14)15)11-6-4-3-5-7-11/h3-7,10,12H,8-9H2,1-2H3. The molecule has 1 aliphatic rings. The lowest BCUT2D eigenvalue weighted by molar-refractivity contribution is -0.155. The zero-order chi connectivity index (χ0) is 11.5. The number of benzene rings is 1. The van der Waals surface area contributed by atoms with Gasteiger partial charge in [-0.25, -0.2) is 0 Å². The zero-order valence-corrected chi connectivity index (χ0v) is 9.72. The highest BCUT2D eigenvalue weighted by Crippen LogP contribution is 2.24. The highest BCUT2D eigenvalue weighted by atomic mass is 16.5. The minimum Gasteiger partial charge on any atom is -0.362 e. The third-order valence-corrected chi connectivity index (χ3v) is 2.85. The largest absolute Gasteiger partial charge is 0.362 e. The monoisotopic (exact) mass is 219 g/mol. The van der Waals surface area contributed by atoms with E-state index in [1.54, 1.807) is 0 Å². The number of morpholine rings is 1. The fourth-order valence-corrected chi connectivity index (χ4v) is 1.98. The molecule has 3 heteroatoms. The van der Waals surface area contributed by atoms with Gasteiger partial charge in [0.2, 0.25) is 0 Å². The van der Waals surface area contributed by atoms with Crippen molar-refractivity contribution in [2.45, 2.75) is 26.0 Å². The van der Waals surface area contributed by atoms with Crippen LogP contribution in [-0.4, -0.2) is 30.0 Å². The van der Waals surface area contributed by atoms with Crippen molar-refractivity contribution >= 4 is 5.91 Å². The molecule has 0 bridgehead atoms. The Kier molecular flexibility index (Phi) is 3.25. The predicted molar refractivity (Wildman–Crippen MR) is 62.0 cm³/mol. The third-order valence-electron chi connectivity index (χ3n) is 2.85. The van der Waals surface area contributed by atoms with E-state index in [0.29, 0.717) is 13.2 Å². The van der Waals surface area contributed by atoms with Gasteiger partial charge in [0.15, 0.2) is 6.10 Å². The van der Waals surface area contributed by atoms with E-state index in [4.69, 9.17) is 4.74 Å². The molecular formula is C13H17NO2. The van der Waals surface area contributed by atoms with Crippen LogP contribution in [0.5, 0.6) is 0 Å². The molecule has 0 radical (unpaired) electrons. The van der Waals surface area contributed by atoms with E-state index in [9.17, 15) is 4.79 Å². The molecule has 1 heterocycles. The van der Waals surface area contributed by atoms with Crippen molar-refractivity contribution in [2.24, 2.45) is 0 Å². The molecule has 1 unspecified atom stereocenters. The first-order chi connectivity index (χ1) is 7.70. The summed E-state index contributed by atoms with van der Waals surface area (Å²) in [6, 6.07) is 9.92. The Morgan fingerprint density at radius 2 is 2.00 bits per heavy atom. The Morgan fingerprint density at radius 1 is 1.31 bits per heavy atom. The van der Waals surface area contributed by atoms with E-state index >= 15 is 0 Å². The highest BCUT2D eigenvalue weighted by molar-refractivity contribution is 5.83. The smallest absolute Gasteiger partial charge is 0.256 e. The fourth-order valence-electron chi connectivity index (χ4n) is 1.98. The van der Waals surface area contributed by atoms with Gasteiger partial charge in [-0.1, -0.05) is 30.3 Å². The predicted octanol–water partition coefficient (Wildman–Crippen LogP) is 1.99. The number of carbonyl (C=O) groups is 1. The average molecular weight is 219 g/mol. The van der Waals surface area contributed by atoms with Crippen LogP contribution in [0.4, 0.5) is 0 Å². The molecule has 86 valence electrons. The number of rotatable bonds is 2. The average Bonchev–Trinajstić information content (AvgIpc) is 2.30. The molecule has 1 fully saturated rings. The van der Waals surface area contributed by atoms with Gasteiger partial charge >= 0.3 is 0 Å². The lowest BCUT2D eigenvalue weighted by Crippen LogP contribution is -2.46. The SMILES string of the molecule is CC(C)N1CCOC(c2ccccc2)C1=O. The molecule has 1 aliphatic heterocycles. The maximum atomic E-state index is 12.2. The number of nitrogens with zero attached hydrogens (tertiary/aromatic N) is 1. The number of hydrogen-bond donors (Lipinski definition) is 0. The summed E-state index contributed by atoms with van der Waals surface area (Å²) in [5.74, 6) is 0.0763. The van der Waals surface area contributed by atoms with Gasteiger partial charge in [-0.15, -0.1) is 0 Å². The van der Waals surface area contributed by atoms with Gasteiger partial charge in [0.25, 0.3) is 5.91 Å². The second-order valence-corrected chi connectivity index (χ2v) is 4.29. The topological polar surface area (TPSA) is 29.5 Å². The number of amides is 1. The Labute approximate surface area is 96.0 Å². The van der Waals surface area contributed by atoms with Gasteiger partial charge in [0.05, 0.1) is 6.61 Å². The summed E-state index contributed by atoms with van der Waals surface area (Å²) >= 11 is 0. The van der Waals surface area contributed by atoms with E-state index < -0.39 is 6.10 Å². The van der Waals surface area contributed by atoms with Gasteiger partial charge in [0.1, 0.15) is 0 Å². The minimum absolute atomic E-state index is 0.0763. The van der Waals surface area contributed by atoms with Crippen molar-refractivity contribution in [2.75, 3.05) is 13.2 Å². The van der Waals surface area contributed by atoms with Crippen LogP contribution in [-0.2, 0) is 9.53 Å². The summed E-state index contributed by atoms with van der Waals surface area (Å²) in [6.07, 6.45) is -0.419. The molecule has 0 saturated carbocycles. The third kappa shape index (κ3) is 2.09. The molecule has 0 N–H and O–H groups in total. The normalized spacial score (nSPS) is 21.6. The molecule has 2 rings (SSSR count). The van der Waals surface area contributed by atoms with Crippen LogP contribution < -0.4 is 0 Å². The zero-order valence-electron chi connectivity index (χ0n) is 9.72. The van der Waals surface area contributed by atoms with Gasteiger partial charge in [-0.2, -0.15) is 0 Å². The summed E-state index contributed by atoms with van der Waals surface area (Å²) in [4.78, 5) is 14.0. The van der Waals surface area contributed by atoms with E-state index in [2.05, 4.69) is 0 Å². The molecule has 1 atom stereocenters. The summed E-state index contributed by atoms with van der Waals surface area (Å²) in [6.45, 7) is 5.37. The van der Waals surface area contributed by atoms with E-state index in [-0.39, 0.29) is 11.9 Å². The Morgan fingerprint density at radius 3 is 2.62 bits per heavy atom. The molecular weight excluding hydrogens is 202 g/mol. The summed E-state index contributed by atoms with van der Waals surface area (Å²) < 4.78 is 5.57. The Hall–Kier alpha value is -1.35. The quantitative estimate of drug-likeness (QED) is 0.761. The summed E-state index contributed by atoms with van der Waals surface area (Å²) in [5, 5.41) is 0. The highest BCUT2D eigenvalue weighted by Gasteiger charge is 2.31. The van der Waals surface area contributed by atoms with Crippen LogP contribution >= 0.6 is 0 Å². The summed E-state index contributed by atoms with van der Waals surface area (Å²) in [5.41, 5.74) is 0.942. The maximum absolute atomic E-state index is 12.2. The first-order valence-electron chi connectivity index (χ1n) is 5.67. The van der Waals surface area contributed by atoms with Crippen molar-refractivity contribution in [3.05, 3.63) is 35.9 Å². The molecule has 0 aromatic heterocycles. The van der Waals surface area contributed by atoms with Crippen LogP contribution in [0, 0.1) is 0 Å². The minimum atomic E-state index is -0.419. The number of ether oxygens (including phenoxy) is 1. The molecule has 1 aromatic rings. The number of hydrogen-bond acceptors (Lipinski definition) is 2. The molecule has 1 amide bonds. The van der Waals surface area contributed by atoms with Crippen LogP contribution in [0.2, 0.25) is 0 Å². The first-order valence-corrected chi connectivity index (χ1v) is 5.67. The molecule has 1 saturated heterocycles. The lowest BCUT2D eigenvalue weighted by atomic mass is 10.1.